The van der Waals surface area contributed by atoms with Gasteiger partial charge in [0, 0.05) is 0 Å². The summed E-state index contributed by atoms with van der Waals surface area (Å²) >= 11 is 0. The summed E-state index contributed by atoms with van der Waals surface area (Å²) in [5.41, 5.74) is 0. The molecular weight excluding hydrogens is 216 g/mol. The van der Waals surface area contributed by atoms with Crippen molar-refractivity contribution in [3.8, 4) is 0 Å². The molecule has 0 saturated heterocycles. The van der Waals surface area contributed by atoms with Gasteiger partial charge in [0.2, 0.25) is 0 Å². The summed E-state index contributed by atoms with van der Waals surface area (Å²) < 4.78 is 0. The minimum atomic E-state index is 1.06. The summed E-state index contributed by atoms with van der Waals surface area (Å²) in [6.45, 7) is 6.11. The predicted molar refractivity (Wildman–Crippen MR) is 84.7 cm³/mol. The molecule has 0 aromatic heterocycles. The Morgan fingerprint density at radius 1 is 0.611 bits per heavy atom. The van der Waals surface area contributed by atoms with Gasteiger partial charge in [0.15, 0.2) is 0 Å². The molecule has 0 aliphatic heterocycles. The Kier molecular flexibility index (Phi) is 16.0. The molecule has 105 valence electrons. The van der Waals surface area contributed by atoms with Crippen LogP contribution < -0.4 is 0 Å². The van der Waals surface area contributed by atoms with E-state index in [1.807, 2.05) is 0 Å². The third kappa shape index (κ3) is 15.5. The summed E-state index contributed by atoms with van der Waals surface area (Å²) in [5.74, 6) is 0. The van der Waals surface area contributed by atoms with Crippen LogP contribution in [-0.4, -0.2) is 0 Å². The lowest BCUT2D eigenvalue weighted by molar-refractivity contribution is 0.637. The van der Waals surface area contributed by atoms with Crippen LogP contribution in [-0.2, 0) is 0 Å². The smallest absolute Gasteiger partial charge is 0.0348 e. The largest absolute Gasteiger partial charge is 0.0885 e. The molecule has 0 aliphatic rings. The van der Waals surface area contributed by atoms with Gasteiger partial charge in [-0.3, -0.25) is 0 Å². The standard InChI is InChI=1S/C18H33/c1-3-5-7-9-11-13-15-17-18-16-14-12-10-8-6-4-2/h9,11,16,18H,1,3-8,10,12-15,17H2,2H3. The fourth-order valence-electron chi connectivity index (χ4n) is 1.95. The fourth-order valence-corrected chi connectivity index (χ4v) is 1.95. The SMILES string of the molecule is [CH2]CCCC=CCCCC=CCCCCCCC. The lowest BCUT2D eigenvalue weighted by Gasteiger charge is -1.96. The monoisotopic (exact) mass is 249 g/mol. The van der Waals surface area contributed by atoms with Crippen molar-refractivity contribution in [2.45, 2.75) is 84.0 Å². The number of allylic oxidation sites excluding steroid dienone is 4. The average molecular weight is 249 g/mol. The molecule has 0 fully saturated rings. The molecule has 0 spiro atoms. The summed E-state index contributed by atoms with van der Waals surface area (Å²) in [5, 5.41) is 0. The van der Waals surface area contributed by atoms with Crippen LogP contribution >= 0.6 is 0 Å². The van der Waals surface area contributed by atoms with Crippen molar-refractivity contribution in [2.24, 2.45) is 0 Å². The molecule has 0 nitrogen and oxygen atoms in total. The van der Waals surface area contributed by atoms with Gasteiger partial charge in [-0.05, 0) is 44.9 Å². The molecule has 0 aliphatic carbocycles. The van der Waals surface area contributed by atoms with E-state index < -0.39 is 0 Å². The van der Waals surface area contributed by atoms with E-state index in [9.17, 15) is 0 Å². The lowest BCUT2D eigenvalue weighted by atomic mass is 10.1. The average Bonchev–Trinajstić information content (AvgIpc) is 2.39. The molecular formula is C18H33. The van der Waals surface area contributed by atoms with Crippen LogP contribution in [0, 0.1) is 6.92 Å². The van der Waals surface area contributed by atoms with Crippen LogP contribution in [0.5, 0.6) is 0 Å². The molecule has 0 atom stereocenters. The van der Waals surface area contributed by atoms with Crippen molar-refractivity contribution in [1.29, 1.82) is 0 Å². The van der Waals surface area contributed by atoms with E-state index in [0.29, 0.717) is 0 Å². The van der Waals surface area contributed by atoms with E-state index in [1.54, 1.807) is 0 Å². The van der Waals surface area contributed by atoms with Crippen molar-refractivity contribution in [2.75, 3.05) is 0 Å². The Balaban J connectivity index is 3.11. The zero-order valence-corrected chi connectivity index (χ0v) is 12.5. The van der Waals surface area contributed by atoms with Gasteiger partial charge in [-0.1, -0.05) is 70.3 Å². The maximum absolute atomic E-state index is 3.84. The maximum Gasteiger partial charge on any atom is -0.0348 e. The summed E-state index contributed by atoms with van der Waals surface area (Å²) in [7, 11) is 0. The van der Waals surface area contributed by atoms with Crippen LogP contribution in [0.2, 0.25) is 0 Å². The zero-order chi connectivity index (χ0) is 13.3. The first-order valence-corrected chi connectivity index (χ1v) is 8.01. The van der Waals surface area contributed by atoms with Crippen molar-refractivity contribution >= 4 is 0 Å². The molecule has 0 saturated carbocycles. The highest BCUT2D eigenvalue weighted by molar-refractivity contribution is 4.85. The first-order valence-electron chi connectivity index (χ1n) is 8.01. The minimum Gasteiger partial charge on any atom is -0.0885 e. The molecule has 0 heteroatoms. The van der Waals surface area contributed by atoms with Gasteiger partial charge in [-0.25, -0.2) is 0 Å². The Bertz CT molecular complexity index is 188. The van der Waals surface area contributed by atoms with Crippen molar-refractivity contribution in [3.05, 3.63) is 31.2 Å². The molecule has 0 aromatic rings. The Morgan fingerprint density at radius 2 is 1.11 bits per heavy atom. The Labute approximate surface area is 116 Å². The number of rotatable bonds is 13. The quantitative estimate of drug-likeness (QED) is 0.254. The third-order valence-electron chi connectivity index (χ3n) is 3.17. The fraction of sp³-hybridized carbons (Fsp3) is 0.722. The summed E-state index contributed by atoms with van der Waals surface area (Å²) in [6, 6.07) is 0. The van der Waals surface area contributed by atoms with Gasteiger partial charge in [0.25, 0.3) is 0 Å². The van der Waals surface area contributed by atoms with E-state index in [2.05, 4.69) is 38.2 Å². The normalized spacial score (nSPS) is 11.9. The molecule has 0 rings (SSSR count). The highest BCUT2D eigenvalue weighted by Gasteiger charge is 1.86. The van der Waals surface area contributed by atoms with Gasteiger partial charge in [0.05, 0.1) is 0 Å². The second-order valence-electron chi connectivity index (χ2n) is 5.07. The first-order chi connectivity index (χ1) is 8.91. The van der Waals surface area contributed by atoms with E-state index in [1.165, 1.54) is 70.6 Å². The Morgan fingerprint density at radius 3 is 1.67 bits per heavy atom. The zero-order valence-electron chi connectivity index (χ0n) is 12.5. The van der Waals surface area contributed by atoms with Crippen LogP contribution in [0.3, 0.4) is 0 Å². The minimum absolute atomic E-state index is 1.06. The highest BCUT2D eigenvalue weighted by Crippen LogP contribution is 2.06. The number of unbranched alkanes of at least 4 members (excludes halogenated alkanes) is 9. The lowest BCUT2D eigenvalue weighted by Crippen LogP contribution is -1.76. The van der Waals surface area contributed by atoms with Crippen molar-refractivity contribution in [3.63, 3.8) is 0 Å². The highest BCUT2D eigenvalue weighted by atomic mass is 13.9. The summed E-state index contributed by atoms with van der Waals surface area (Å²) in [6.07, 6.45) is 24.9. The van der Waals surface area contributed by atoms with Gasteiger partial charge in [-0.15, -0.1) is 0 Å². The van der Waals surface area contributed by atoms with Gasteiger partial charge < -0.3 is 0 Å². The van der Waals surface area contributed by atoms with E-state index in [-0.39, 0.29) is 0 Å². The summed E-state index contributed by atoms with van der Waals surface area (Å²) in [4.78, 5) is 0. The predicted octanol–water partition coefficient (Wildman–Crippen LogP) is 6.63. The van der Waals surface area contributed by atoms with E-state index in [4.69, 9.17) is 0 Å². The van der Waals surface area contributed by atoms with Gasteiger partial charge in [-0.2, -0.15) is 0 Å². The second-order valence-corrected chi connectivity index (χ2v) is 5.07. The molecule has 0 bridgehead atoms. The van der Waals surface area contributed by atoms with Crippen LogP contribution in [0.4, 0.5) is 0 Å². The topological polar surface area (TPSA) is 0 Å². The number of hydrogen-bond donors (Lipinski definition) is 0. The number of hydrogen-bond acceptors (Lipinski definition) is 0. The van der Waals surface area contributed by atoms with Gasteiger partial charge >= 0.3 is 0 Å². The van der Waals surface area contributed by atoms with Crippen molar-refractivity contribution < 1.29 is 0 Å². The second kappa shape index (κ2) is 16.5. The first kappa shape index (κ1) is 17.5. The molecule has 0 amide bonds. The molecule has 0 unspecified atom stereocenters. The maximum atomic E-state index is 3.84. The van der Waals surface area contributed by atoms with Crippen LogP contribution in [0.15, 0.2) is 24.3 Å². The molecule has 1 radical (unpaired) electrons. The molecule has 18 heavy (non-hydrogen) atoms. The van der Waals surface area contributed by atoms with E-state index in [0.717, 1.165) is 6.42 Å². The Hall–Kier alpha value is -0.520. The van der Waals surface area contributed by atoms with Crippen LogP contribution in [0.25, 0.3) is 0 Å². The third-order valence-corrected chi connectivity index (χ3v) is 3.17. The van der Waals surface area contributed by atoms with Gasteiger partial charge in [0.1, 0.15) is 0 Å². The van der Waals surface area contributed by atoms with Crippen LogP contribution in [0.1, 0.15) is 84.0 Å². The van der Waals surface area contributed by atoms with Crippen molar-refractivity contribution in [1.82, 2.24) is 0 Å². The van der Waals surface area contributed by atoms with E-state index >= 15 is 0 Å². The molecule has 0 heterocycles. The molecule has 0 aromatic carbocycles. The molecule has 0 N–H and O–H groups in total.